The van der Waals surface area contributed by atoms with Crippen molar-refractivity contribution in [1.29, 1.82) is 0 Å². The monoisotopic (exact) mass is 345 g/mol. The van der Waals surface area contributed by atoms with Crippen molar-refractivity contribution < 1.29 is 9.53 Å². The molecular formula is C18H23N3O2S. The van der Waals surface area contributed by atoms with E-state index in [0.717, 1.165) is 28.4 Å². The van der Waals surface area contributed by atoms with Crippen LogP contribution in [0.15, 0.2) is 29.6 Å². The molecule has 0 spiro atoms. The maximum Gasteiger partial charge on any atom is 0.317 e. The van der Waals surface area contributed by atoms with E-state index in [4.69, 9.17) is 4.74 Å². The Labute approximate surface area is 146 Å². The van der Waals surface area contributed by atoms with E-state index in [0.29, 0.717) is 19.1 Å². The summed E-state index contributed by atoms with van der Waals surface area (Å²) in [5, 5.41) is 6.18. The van der Waals surface area contributed by atoms with E-state index in [1.807, 2.05) is 29.6 Å². The number of hydrogen-bond acceptors (Lipinski definition) is 4. The summed E-state index contributed by atoms with van der Waals surface area (Å²) < 4.78 is 5.72. The zero-order valence-corrected chi connectivity index (χ0v) is 15.1. The van der Waals surface area contributed by atoms with Gasteiger partial charge in [0, 0.05) is 18.3 Å². The molecule has 1 aliphatic heterocycles. The molecule has 128 valence electrons. The summed E-state index contributed by atoms with van der Waals surface area (Å²) in [7, 11) is 1.79. The maximum absolute atomic E-state index is 12.4. The van der Waals surface area contributed by atoms with Crippen LogP contribution in [-0.2, 0) is 13.0 Å². The van der Waals surface area contributed by atoms with Crippen LogP contribution < -0.4 is 10.1 Å². The average Bonchev–Trinajstić information content (AvgIpc) is 3.03. The fourth-order valence-corrected chi connectivity index (χ4v) is 3.51. The Morgan fingerprint density at radius 2 is 2.25 bits per heavy atom. The molecule has 24 heavy (non-hydrogen) atoms. The van der Waals surface area contributed by atoms with Crippen LogP contribution in [0.2, 0.25) is 0 Å². The average molecular weight is 345 g/mol. The number of amides is 2. The normalized spacial score (nSPS) is 16.4. The number of rotatable bonds is 4. The summed E-state index contributed by atoms with van der Waals surface area (Å²) >= 11 is 1.65. The number of carbonyl (C=O) groups is 1. The van der Waals surface area contributed by atoms with Crippen LogP contribution in [0.4, 0.5) is 4.79 Å². The second-order valence-electron chi connectivity index (χ2n) is 6.46. The van der Waals surface area contributed by atoms with E-state index in [1.165, 1.54) is 0 Å². The van der Waals surface area contributed by atoms with Crippen LogP contribution in [0.1, 0.15) is 36.0 Å². The molecule has 2 aromatic rings. The molecule has 0 radical (unpaired) electrons. The summed E-state index contributed by atoms with van der Waals surface area (Å²) in [5.41, 5.74) is 2.07. The molecule has 0 aliphatic carbocycles. The third-order valence-electron chi connectivity index (χ3n) is 4.02. The van der Waals surface area contributed by atoms with Gasteiger partial charge in [-0.25, -0.2) is 9.78 Å². The van der Waals surface area contributed by atoms with Crippen molar-refractivity contribution in [2.24, 2.45) is 0 Å². The summed E-state index contributed by atoms with van der Waals surface area (Å²) in [6.45, 7) is 5.27. The van der Waals surface area contributed by atoms with Gasteiger partial charge in [-0.2, -0.15) is 0 Å². The molecular weight excluding hydrogens is 322 g/mol. The Morgan fingerprint density at radius 3 is 3.00 bits per heavy atom. The number of carbonyl (C=O) groups excluding carboxylic acids is 1. The molecule has 5 nitrogen and oxygen atoms in total. The first kappa shape index (κ1) is 16.8. The number of ether oxygens (including phenoxy) is 1. The summed E-state index contributed by atoms with van der Waals surface area (Å²) in [6, 6.07) is 7.87. The number of urea groups is 1. The highest BCUT2D eigenvalue weighted by molar-refractivity contribution is 7.09. The van der Waals surface area contributed by atoms with Gasteiger partial charge in [0.05, 0.1) is 23.3 Å². The molecule has 1 N–H and O–H groups in total. The molecule has 3 rings (SSSR count). The first-order valence-electron chi connectivity index (χ1n) is 8.19. The lowest BCUT2D eigenvalue weighted by molar-refractivity contribution is 0.187. The number of thiazole rings is 1. The molecule has 2 heterocycles. The van der Waals surface area contributed by atoms with Crippen LogP contribution in [0.3, 0.4) is 0 Å². The van der Waals surface area contributed by atoms with Crippen molar-refractivity contribution in [3.05, 3.63) is 45.9 Å². The van der Waals surface area contributed by atoms with Crippen LogP contribution >= 0.6 is 11.3 Å². The Balaban J connectivity index is 1.55. The second kappa shape index (κ2) is 7.21. The van der Waals surface area contributed by atoms with Gasteiger partial charge in [0.1, 0.15) is 12.4 Å². The minimum Gasteiger partial charge on any atom is -0.491 e. The van der Waals surface area contributed by atoms with E-state index >= 15 is 0 Å². The molecule has 0 saturated carbocycles. The maximum atomic E-state index is 12.4. The summed E-state index contributed by atoms with van der Waals surface area (Å²) in [6.07, 6.45) is 0.796. The smallest absolute Gasteiger partial charge is 0.317 e. The number of para-hydroxylation sites is 1. The zero-order valence-electron chi connectivity index (χ0n) is 14.3. The van der Waals surface area contributed by atoms with E-state index in [2.05, 4.69) is 24.1 Å². The van der Waals surface area contributed by atoms with Crippen molar-refractivity contribution >= 4 is 17.4 Å². The van der Waals surface area contributed by atoms with E-state index < -0.39 is 0 Å². The van der Waals surface area contributed by atoms with Gasteiger partial charge in [0.25, 0.3) is 0 Å². The topological polar surface area (TPSA) is 54.5 Å². The number of nitrogens with one attached hydrogen (secondary N) is 1. The van der Waals surface area contributed by atoms with E-state index in [1.54, 1.807) is 23.3 Å². The summed E-state index contributed by atoms with van der Waals surface area (Å²) in [5.74, 6) is 1.34. The van der Waals surface area contributed by atoms with Gasteiger partial charge in [-0.3, -0.25) is 0 Å². The van der Waals surface area contributed by atoms with Crippen LogP contribution in [0, 0.1) is 0 Å². The van der Waals surface area contributed by atoms with Crippen molar-refractivity contribution in [1.82, 2.24) is 15.2 Å². The van der Waals surface area contributed by atoms with Gasteiger partial charge >= 0.3 is 6.03 Å². The minimum absolute atomic E-state index is 0.00323. The van der Waals surface area contributed by atoms with Gasteiger partial charge in [0.2, 0.25) is 0 Å². The van der Waals surface area contributed by atoms with Crippen molar-refractivity contribution in [2.75, 3.05) is 13.7 Å². The first-order valence-corrected chi connectivity index (χ1v) is 9.07. The molecule has 1 aromatic heterocycles. The van der Waals surface area contributed by atoms with Crippen LogP contribution in [-0.4, -0.2) is 35.6 Å². The third kappa shape index (κ3) is 3.87. The number of benzene rings is 1. The first-order chi connectivity index (χ1) is 11.5. The lowest BCUT2D eigenvalue weighted by atomic mass is 10.0. The second-order valence-corrected chi connectivity index (χ2v) is 7.35. The van der Waals surface area contributed by atoms with Gasteiger partial charge in [-0.05, 0) is 18.1 Å². The van der Waals surface area contributed by atoms with Crippen molar-refractivity contribution in [3.8, 4) is 5.75 Å². The highest BCUT2D eigenvalue weighted by Crippen LogP contribution is 2.24. The standard InChI is InChI=1S/C18H23N3O2S/c1-12(2)17-19-15(11-24-17)9-21(3)18(22)20-14-8-13-6-4-5-7-16(13)23-10-14/h4-7,11-12,14H,8-10H2,1-3H3,(H,20,22). The molecule has 1 unspecified atom stereocenters. The minimum atomic E-state index is -0.0953. The zero-order chi connectivity index (χ0) is 17.1. The molecule has 6 heteroatoms. The van der Waals surface area contributed by atoms with E-state index in [9.17, 15) is 4.79 Å². The third-order valence-corrected chi connectivity index (χ3v) is 5.21. The van der Waals surface area contributed by atoms with E-state index in [-0.39, 0.29) is 12.1 Å². The SMILES string of the molecule is CC(C)c1nc(CN(C)C(=O)NC2COc3ccccc3C2)cs1. The number of hydrogen-bond donors (Lipinski definition) is 1. The van der Waals surface area contributed by atoms with Gasteiger partial charge in [-0.15, -0.1) is 11.3 Å². The number of fused-ring (bicyclic) bond motifs is 1. The highest BCUT2D eigenvalue weighted by Gasteiger charge is 2.22. The molecule has 0 saturated heterocycles. The van der Waals surface area contributed by atoms with Crippen LogP contribution in [0.25, 0.3) is 0 Å². The Bertz CT molecular complexity index is 714. The molecule has 1 atom stereocenters. The predicted molar refractivity (Wildman–Crippen MR) is 95.6 cm³/mol. The largest absolute Gasteiger partial charge is 0.491 e. The van der Waals surface area contributed by atoms with Gasteiger partial charge in [-0.1, -0.05) is 32.0 Å². The van der Waals surface area contributed by atoms with Crippen molar-refractivity contribution in [3.63, 3.8) is 0 Å². The van der Waals surface area contributed by atoms with Crippen LogP contribution in [0.5, 0.6) is 5.75 Å². The summed E-state index contributed by atoms with van der Waals surface area (Å²) in [4.78, 5) is 18.7. The predicted octanol–water partition coefficient (Wildman–Crippen LogP) is 3.41. The fraction of sp³-hybridized carbons (Fsp3) is 0.444. The molecule has 1 aromatic carbocycles. The Kier molecular flexibility index (Phi) is 5.04. The lowest BCUT2D eigenvalue weighted by Crippen LogP contribution is -2.47. The molecule has 0 bridgehead atoms. The lowest BCUT2D eigenvalue weighted by Gasteiger charge is -2.28. The fourth-order valence-electron chi connectivity index (χ4n) is 2.68. The quantitative estimate of drug-likeness (QED) is 0.924. The molecule has 0 fully saturated rings. The van der Waals surface area contributed by atoms with Gasteiger partial charge < -0.3 is 15.0 Å². The number of nitrogens with zero attached hydrogens (tertiary/aromatic N) is 2. The van der Waals surface area contributed by atoms with Gasteiger partial charge in [0.15, 0.2) is 0 Å². The molecule has 2 amide bonds. The Morgan fingerprint density at radius 1 is 1.46 bits per heavy atom. The Hall–Kier alpha value is -2.08. The van der Waals surface area contributed by atoms with Crippen molar-refractivity contribution in [2.45, 2.75) is 38.8 Å². The molecule has 1 aliphatic rings. The number of aromatic nitrogens is 1. The highest BCUT2D eigenvalue weighted by atomic mass is 32.1.